The van der Waals surface area contributed by atoms with Crippen molar-refractivity contribution in [1.29, 1.82) is 0 Å². The fourth-order valence-electron chi connectivity index (χ4n) is 2.13. The van der Waals surface area contributed by atoms with Gasteiger partial charge in [0.25, 0.3) is 5.24 Å². The summed E-state index contributed by atoms with van der Waals surface area (Å²) >= 11 is 1.10. The summed E-state index contributed by atoms with van der Waals surface area (Å²) in [7, 11) is 1.61. The minimum absolute atomic E-state index is 0.157. The lowest BCUT2D eigenvalue weighted by atomic mass is 10.2. The van der Waals surface area contributed by atoms with Gasteiger partial charge in [-0.1, -0.05) is 5.16 Å². The van der Waals surface area contributed by atoms with Crippen LogP contribution in [-0.2, 0) is 0 Å². The number of aryl methyl sites for hydroxylation is 2. The Kier molecular flexibility index (Phi) is 4.20. The van der Waals surface area contributed by atoms with Crippen molar-refractivity contribution >= 4 is 34.6 Å². The molecule has 1 aromatic carbocycles. The van der Waals surface area contributed by atoms with E-state index in [2.05, 4.69) is 15.5 Å². The molecule has 1 N–H and O–H groups in total. The summed E-state index contributed by atoms with van der Waals surface area (Å²) in [5, 5.41) is 6.52. The molecule has 1 aliphatic rings. The maximum atomic E-state index is 11.7. The lowest BCUT2D eigenvalue weighted by molar-refractivity contribution is 0.265. The van der Waals surface area contributed by atoms with Crippen molar-refractivity contribution in [2.45, 2.75) is 13.8 Å². The van der Waals surface area contributed by atoms with Crippen LogP contribution in [0.2, 0.25) is 0 Å². The maximum Gasteiger partial charge on any atom is 0.289 e. The first-order chi connectivity index (χ1) is 11.1. The molecule has 0 aliphatic carbocycles. The Morgan fingerprint density at radius 3 is 2.65 bits per heavy atom. The molecule has 3 rings (SSSR count). The fourth-order valence-corrected chi connectivity index (χ4v) is 2.84. The molecule has 2 aromatic rings. The second-order valence-electron chi connectivity index (χ2n) is 4.92. The number of methoxy groups -OCH3 is 1. The summed E-state index contributed by atoms with van der Waals surface area (Å²) in [4.78, 5) is 17.0. The molecule has 0 radical (unpaired) electrons. The van der Waals surface area contributed by atoms with Crippen LogP contribution in [0.3, 0.4) is 0 Å². The minimum Gasteiger partial charge on any atom is -0.497 e. The van der Waals surface area contributed by atoms with Crippen LogP contribution in [-0.4, -0.2) is 23.3 Å². The number of aromatic nitrogens is 1. The van der Waals surface area contributed by atoms with E-state index >= 15 is 0 Å². The Bertz CT molecular complexity index is 787. The highest BCUT2D eigenvalue weighted by Crippen LogP contribution is 2.30. The van der Waals surface area contributed by atoms with Crippen LogP contribution in [0.25, 0.3) is 6.08 Å². The highest BCUT2D eigenvalue weighted by molar-refractivity contribution is 8.18. The van der Waals surface area contributed by atoms with E-state index in [1.54, 1.807) is 7.11 Å². The lowest BCUT2D eigenvalue weighted by Gasteiger charge is -2.01. The van der Waals surface area contributed by atoms with Gasteiger partial charge in [-0.3, -0.25) is 4.79 Å². The van der Waals surface area contributed by atoms with Crippen LogP contribution in [0.1, 0.15) is 17.0 Å². The molecule has 1 saturated heterocycles. The number of amides is 1. The standard InChI is InChI=1S/C16H15N3O3S/c1-9-13(10(2)22-19-9)8-14-15(18-16(20)23-14)17-11-4-6-12(21-3)7-5-11/h4-8H,1-3H3,(H,17,18,20). The fraction of sp³-hybridized carbons (Fsp3) is 0.188. The number of ether oxygens (including phenoxy) is 1. The quantitative estimate of drug-likeness (QED) is 0.926. The van der Waals surface area contributed by atoms with Crippen molar-refractivity contribution in [3.05, 3.63) is 46.2 Å². The first kappa shape index (κ1) is 15.4. The molecule has 1 aliphatic heterocycles. The monoisotopic (exact) mass is 329 g/mol. The van der Waals surface area contributed by atoms with Gasteiger partial charge in [0, 0.05) is 5.56 Å². The van der Waals surface area contributed by atoms with E-state index in [1.807, 2.05) is 44.2 Å². The summed E-state index contributed by atoms with van der Waals surface area (Å²) in [6.45, 7) is 3.69. The summed E-state index contributed by atoms with van der Waals surface area (Å²) in [5.74, 6) is 1.98. The van der Waals surface area contributed by atoms with Crippen LogP contribution >= 0.6 is 11.8 Å². The minimum atomic E-state index is -0.157. The number of benzene rings is 1. The van der Waals surface area contributed by atoms with Crippen molar-refractivity contribution < 1.29 is 14.1 Å². The normalized spacial score (nSPS) is 17.8. The zero-order chi connectivity index (χ0) is 16.4. The average molecular weight is 329 g/mol. The highest BCUT2D eigenvalue weighted by Gasteiger charge is 2.24. The van der Waals surface area contributed by atoms with E-state index < -0.39 is 0 Å². The molecule has 0 spiro atoms. The Balaban J connectivity index is 1.96. The van der Waals surface area contributed by atoms with Crippen molar-refractivity contribution in [1.82, 2.24) is 10.5 Å². The summed E-state index contributed by atoms with van der Waals surface area (Å²) in [5.41, 5.74) is 2.37. The molecule has 0 bridgehead atoms. The zero-order valence-corrected chi connectivity index (χ0v) is 13.7. The maximum absolute atomic E-state index is 11.7. The first-order valence-corrected chi connectivity index (χ1v) is 7.75. The SMILES string of the molecule is COc1ccc(N=C2NC(=O)SC2=Cc2c(C)noc2C)cc1. The molecule has 7 heteroatoms. The van der Waals surface area contributed by atoms with Crippen LogP contribution in [0.15, 0.2) is 38.7 Å². The Hall–Kier alpha value is -2.54. The van der Waals surface area contributed by atoms with Crippen molar-refractivity contribution in [2.24, 2.45) is 4.99 Å². The number of rotatable bonds is 3. The van der Waals surface area contributed by atoms with Gasteiger partial charge >= 0.3 is 0 Å². The predicted octanol–water partition coefficient (Wildman–Crippen LogP) is 3.83. The predicted molar refractivity (Wildman–Crippen MR) is 90.2 cm³/mol. The number of nitrogens with zero attached hydrogens (tertiary/aromatic N) is 2. The molecule has 23 heavy (non-hydrogen) atoms. The molecule has 0 saturated carbocycles. The van der Waals surface area contributed by atoms with E-state index in [1.165, 1.54) is 0 Å². The topological polar surface area (TPSA) is 76.7 Å². The largest absolute Gasteiger partial charge is 0.497 e. The van der Waals surface area contributed by atoms with Gasteiger partial charge in [-0.15, -0.1) is 0 Å². The van der Waals surface area contributed by atoms with Crippen molar-refractivity contribution in [2.75, 3.05) is 7.11 Å². The van der Waals surface area contributed by atoms with Crippen LogP contribution in [0.5, 0.6) is 5.75 Å². The van der Waals surface area contributed by atoms with E-state index in [0.717, 1.165) is 39.4 Å². The number of nitrogens with one attached hydrogen (secondary N) is 1. The third kappa shape index (κ3) is 3.29. The lowest BCUT2D eigenvalue weighted by Crippen LogP contribution is -2.18. The Morgan fingerprint density at radius 2 is 2.04 bits per heavy atom. The average Bonchev–Trinajstić information content (AvgIpc) is 3.05. The summed E-state index contributed by atoms with van der Waals surface area (Å²) < 4.78 is 10.3. The number of hydrogen-bond donors (Lipinski definition) is 1. The van der Waals surface area contributed by atoms with Gasteiger partial charge in [0.05, 0.1) is 23.4 Å². The molecule has 0 atom stereocenters. The first-order valence-electron chi connectivity index (χ1n) is 6.93. The molecule has 1 fully saturated rings. The van der Waals surface area contributed by atoms with Gasteiger partial charge < -0.3 is 14.6 Å². The molecule has 1 amide bonds. The molecular formula is C16H15N3O3S. The molecule has 6 nitrogen and oxygen atoms in total. The number of amidine groups is 1. The van der Waals surface area contributed by atoms with E-state index in [-0.39, 0.29) is 5.24 Å². The van der Waals surface area contributed by atoms with E-state index in [9.17, 15) is 4.79 Å². The Labute approximate surface area is 137 Å². The smallest absolute Gasteiger partial charge is 0.289 e. The van der Waals surface area contributed by atoms with Gasteiger partial charge in [-0.05, 0) is 56.0 Å². The molecule has 0 unspecified atom stereocenters. The number of thioether (sulfide) groups is 1. The third-order valence-electron chi connectivity index (χ3n) is 3.33. The number of carbonyl (C=O) groups is 1. The zero-order valence-electron chi connectivity index (χ0n) is 12.9. The van der Waals surface area contributed by atoms with Gasteiger partial charge in [-0.25, -0.2) is 4.99 Å². The van der Waals surface area contributed by atoms with Gasteiger partial charge in [-0.2, -0.15) is 0 Å². The van der Waals surface area contributed by atoms with Gasteiger partial charge in [0.2, 0.25) is 0 Å². The van der Waals surface area contributed by atoms with Crippen molar-refractivity contribution in [3.8, 4) is 5.75 Å². The Morgan fingerprint density at radius 1 is 1.30 bits per heavy atom. The summed E-state index contributed by atoms with van der Waals surface area (Å²) in [6, 6.07) is 7.30. The molecule has 118 valence electrons. The molecule has 1 aromatic heterocycles. The van der Waals surface area contributed by atoms with Crippen LogP contribution in [0, 0.1) is 13.8 Å². The second-order valence-corrected chi connectivity index (χ2v) is 5.93. The van der Waals surface area contributed by atoms with Gasteiger partial charge in [0.15, 0.2) is 0 Å². The molecular weight excluding hydrogens is 314 g/mol. The number of carbonyl (C=O) groups excluding carboxylic acids is 1. The van der Waals surface area contributed by atoms with Gasteiger partial charge in [0.1, 0.15) is 17.3 Å². The number of hydrogen-bond acceptors (Lipinski definition) is 6. The summed E-state index contributed by atoms with van der Waals surface area (Å²) in [6.07, 6.45) is 1.87. The van der Waals surface area contributed by atoms with Crippen LogP contribution in [0.4, 0.5) is 10.5 Å². The van der Waals surface area contributed by atoms with E-state index in [0.29, 0.717) is 11.6 Å². The third-order valence-corrected chi connectivity index (χ3v) is 4.15. The highest BCUT2D eigenvalue weighted by atomic mass is 32.2. The van der Waals surface area contributed by atoms with Crippen LogP contribution < -0.4 is 10.1 Å². The van der Waals surface area contributed by atoms with Crippen molar-refractivity contribution in [3.63, 3.8) is 0 Å². The second kappa shape index (κ2) is 6.29. The van der Waals surface area contributed by atoms with E-state index in [4.69, 9.17) is 9.26 Å². The molecule has 2 heterocycles. The number of aliphatic imine (C=N–C) groups is 1.